The first-order chi connectivity index (χ1) is 14.8. The number of nitrogens with zero attached hydrogens (tertiary/aromatic N) is 1. The van der Waals surface area contributed by atoms with Crippen LogP contribution in [0, 0.1) is 0 Å². The van der Waals surface area contributed by atoms with Crippen LogP contribution >= 0.6 is 0 Å². The Balaban J connectivity index is 1.49. The van der Waals surface area contributed by atoms with Crippen molar-refractivity contribution in [1.82, 2.24) is 4.72 Å². The van der Waals surface area contributed by atoms with E-state index in [-0.39, 0.29) is 11.4 Å². The number of amides is 1. The molecule has 8 heteroatoms. The van der Waals surface area contributed by atoms with Gasteiger partial charge in [-0.25, -0.2) is 17.9 Å². The molecule has 3 aromatic rings. The summed E-state index contributed by atoms with van der Waals surface area (Å²) in [4.78, 5) is 14.1. The molecule has 162 valence electrons. The first kappa shape index (κ1) is 22.3. The summed E-state index contributed by atoms with van der Waals surface area (Å²) in [6.45, 7) is 0.256. The quantitative estimate of drug-likeness (QED) is 0.556. The number of carbonyl (C=O) groups excluding carboxylic acids is 1. The average Bonchev–Trinajstić information content (AvgIpc) is 2.75. The van der Waals surface area contributed by atoms with Crippen molar-refractivity contribution in [1.29, 1.82) is 0 Å². The van der Waals surface area contributed by atoms with E-state index in [1.165, 1.54) is 0 Å². The third kappa shape index (κ3) is 6.56. The van der Waals surface area contributed by atoms with Gasteiger partial charge in [0, 0.05) is 32.0 Å². The third-order valence-corrected chi connectivity index (χ3v) is 6.00. The van der Waals surface area contributed by atoms with Gasteiger partial charge in [0.15, 0.2) is 0 Å². The highest BCUT2D eigenvalue weighted by molar-refractivity contribution is 7.89. The van der Waals surface area contributed by atoms with Crippen molar-refractivity contribution < 1.29 is 17.9 Å². The average molecular weight is 440 g/mol. The fourth-order valence-corrected chi connectivity index (χ4v) is 3.86. The Labute approximate surface area is 182 Å². The SMILES string of the molecule is CN(C)c1ccc(S(=O)(=O)NCCc2ccc(OC(=O)Nc3ccccc3)cc2)cc1. The summed E-state index contributed by atoms with van der Waals surface area (Å²) in [6.07, 6.45) is -0.0714. The number of hydrogen-bond donors (Lipinski definition) is 2. The van der Waals surface area contributed by atoms with Crippen LogP contribution < -0.4 is 19.7 Å². The number of ether oxygens (including phenoxy) is 1. The molecule has 0 unspecified atom stereocenters. The van der Waals surface area contributed by atoms with Gasteiger partial charge in [0.1, 0.15) is 5.75 Å². The maximum Gasteiger partial charge on any atom is 0.417 e. The molecular weight excluding hydrogens is 414 g/mol. The van der Waals surface area contributed by atoms with E-state index in [1.54, 1.807) is 60.7 Å². The van der Waals surface area contributed by atoms with E-state index in [0.717, 1.165) is 11.3 Å². The molecule has 3 rings (SSSR count). The van der Waals surface area contributed by atoms with Crippen molar-refractivity contribution in [2.45, 2.75) is 11.3 Å². The van der Waals surface area contributed by atoms with E-state index >= 15 is 0 Å². The molecule has 0 atom stereocenters. The summed E-state index contributed by atoms with van der Waals surface area (Å²) >= 11 is 0. The standard InChI is InChI=1S/C23H25N3O4S/c1-26(2)20-10-14-22(15-11-20)31(28,29)24-17-16-18-8-12-21(13-9-18)30-23(27)25-19-6-4-3-5-7-19/h3-15,24H,16-17H2,1-2H3,(H,25,27). The second-order valence-electron chi connectivity index (χ2n) is 7.06. The predicted octanol–water partition coefficient (Wildman–Crippen LogP) is 3.88. The molecule has 0 aliphatic rings. The molecule has 0 bridgehead atoms. The van der Waals surface area contributed by atoms with Gasteiger partial charge in [-0.05, 0) is 60.5 Å². The van der Waals surface area contributed by atoms with Crippen molar-refractivity contribution >= 4 is 27.5 Å². The molecule has 31 heavy (non-hydrogen) atoms. The summed E-state index contributed by atoms with van der Waals surface area (Å²) in [6, 6.07) is 22.7. The monoisotopic (exact) mass is 439 g/mol. The van der Waals surface area contributed by atoms with E-state index in [0.29, 0.717) is 17.9 Å². The zero-order valence-electron chi connectivity index (χ0n) is 17.4. The molecule has 0 radical (unpaired) electrons. The van der Waals surface area contributed by atoms with Crippen LogP contribution in [0.1, 0.15) is 5.56 Å². The highest BCUT2D eigenvalue weighted by atomic mass is 32.2. The molecule has 0 fully saturated rings. The molecule has 0 heterocycles. The summed E-state index contributed by atoms with van der Waals surface area (Å²) < 4.78 is 32.7. The summed E-state index contributed by atoms with van der Waals surface area (Å²) in [5.41, 5.74) is 2.49. The minimum atomic E-state index is -3.57. The Morgan fingerprint density at radius 2 is 1.55 bits per heavy atom. The fourth-order valence-electron chi connectivity index (χ4n) is 2.83. The molecule has 1 amide bonds. The number of benzene rings is 3. The molecule has 2 N–H and O–H groups in total. The predicted molar refractivity (Wildman–Crippen MR) is 122 cm³/mol. The Bertz CT molecular complexity index is 1100. The minimum Gasteiger partial charge on any atom is -0.410 e. The van der Waals surface area contributed by atoms with Gasteiger partial charge in [-0.3, -0.25) is 5.32 Å². The first-order valence-corrected chi connectivity index (χ1v) is 11.2. The van der Waals surface area contributed by atoms with Crippen LogP contribution in [0.15, 0.2) is 83.8 Å². The maximum absolute atomic E-state index is 12.4. The van der Waals surface area contributed by atoms with Crippen LogP contribution in [-0.4, -0.2) is 35.2 Å². The third-order valence-electron chi connectivity index (χ3n) is 4.52. The summed E-state index contributed by atoms with van der Waals surface area (Å²) in [5, 5.41) is 2.64. The fraction of sp³-hybridized carbons (Fsp3) is 0.174. The number of rotatable bonds is 8. The van der Waals surface area contributed by atoms with Crippen LogP contribution in [0.3, 0.4) is 0 Å². The van der Waals surface area contributed by atoms with E-state index in [9.17, 15) is 13.2 Å². The van der Waals surface area contributed by atoms with Gasteiger partial charge in [-0.2, -0.15) is 0 Å². The topological polar surface area (TPSA) is 87.7 Å². The Hall–Kier alpha value is -3.36. The van der Waals surface area contributed by atoms with E-state index in [2.05, 4.69) is 10.0 Å². The molecule has 0 saturated heterocycles. The zero-order chi connectivity index (χ0) is 22.3. The van der Waals surface area contributed by atoms with Gasteiger partial charge in [0.25, 0.3) is 0 Å². The van der Waals surface area contributed by atoms with Crippen LogP contribution in [0.25, 0.3) is 0 Å². The number of hydrogen-bond acceptors (Lipinski definition) is 5. The Morgan fingerprint density at radius 1 is 0.903 bits per heavy atom. The lowest BCUT2D eigenvalue weighted by atomic mass is 10.1. The summed E-state index contributed by atoms with van der Waals surface area (Å²) in [5.74, 6) is 0.402. The zero-order valence-corrected chi connectivity index (χ0v) is 18.2. The second-order valence-corrected chi connectivity index (χ2v) is 8.83. The normalized spacial score (nSPS) is 11.0. The lowest BCUT2D eigenvalue weighted by Gasteiger charge is -2.13. The smallest absolute Gasteiger partial charge is 0.410 e. The van der Waals surface area contributed by atoms with Gasteiger partial charge in [0.2, 0.25) is 10.0 Å². The van der Waals surface area contributed by atoms with Crippen LogP contribution in [0.2, 0.25) is 0 Å². The van der Waals surface area contributed by atoms with Crippen LogP contribution in [0.4, 0.5) is 16.2 Å². The van der Waals surface area contributed by atoms with Crippen molar-refractivity contribution in [3.05, 3.63) is 84.4 Å². The van der Waals surface area contributed by atoms with Crippen LogP contribution in [-0.2, 0) is 16.4 Å². The number of nitrogens with one attached hydrogen (secondary N) is 2. The molecule has 3 aromatic carbocycles. The number of anilines is 2. The Morgan fingerprint density at radius 3 is 2.16 bits per heavy atom. The molecule has 0 saturated carbocycles. The van der Waals surface area contributed by atoms with Gasteiger partial charge >= 0.3 is 6.09 Å². The highest BCUT2D eigenvalue weighted by Gasteiger charge is 2.13. The number of carbonyl (C=O) groups is 1. The molecule has 0 aliphatic heterocycles. The lowest BCUT2D eigenvalue weighted by Crippen LogP contribution is -2.26. The maximum atomic E-state index is 12.4. The Kier molecular flexibility index (Phi) is 7.28. The van der Waals surface area contributed by atoms with E-state index in [4.69, 9.17) is 4.74 Å². The second kappa shape index (κ2) is 10.1. The molecule has 0 aromatic heterocycles. The van der Waals surface area contributed by atoms with Gasteiger partial charge in [-0.15, -0.1) is 0 Å². The highest BCUT2D eigenvalue weighted by Crippen LogP contribution is 2.17. The number of sulfonamides is 1. The van der Waals surface area contributed by atoms with Gasteiger partial charge in [0.05, 0.1) is 4.90 Å². The molecule has 0 spiro atoms. The molecular formula is C23H25N3O4S. The van der Waals surface area contributed by atoms with E-state index < -0.39 is 16.1 Å². The van der Waals surface area contributed by atoms with Crippen molar-refractivity contribution in [3.8, 4) is 5.75 Å². The number of para-hydroxylation sites is 1. The van der Waals surface area contributed by atoms with Crippen molar-refractivity contribution in [3.63, 3.8) is 0 Å². The van der Waals surface area contributed by atoms with Crippen molar-refractivity contribution in [2.24, 2.45) is 0 Å². The van der Waals surface area contributed by atoms with Crippen LogP contribution in [0.5, 0.6) is 5.75 Å². The minimum absolute atomic E-state index is 0.228. The molecule has 0 aliphatic carbocycles. The summed E-state index contributed by atoms with van der Waals surface area (Å²) in [7, 11) is 0.220. The molecule has 7 nitrogen and oxygen atoms in total. The van der Waals surface area contributed by atoms with Crippen molar-refractivity contribution in [2.75, 3.05) is 30.9 Å². The van der Waals surface area contributed by atoms with Gasteiger partial charge < -0.3 is 9.64 Å². The lowest BCUT2D eigenvalue weighted by molar-refractivity contribution is 0.215. The van der Waals surface area contributed by atoms with Gasteiger partial charge in [-0.1, -0.05) is 30.3 Å². The van der Waals surface area contributed by atoms with E-state index in [1.807, 2.05) is 37.2 Å². The largest absolute Gasteiger partial charge is 0.417 e. The first-order valence-electron chi connectivity index (χ1n) is 9.73.